The summed E-state index contributed by atoms with van der Waals surface area (Å²) in [5.41, 5.74) is 2.36. The second-order valence-corrected chi connectivity index (χ2v) is 4.13. The predicted octanol–water partition coefficient (Wildman–Crippen LogP) is 2.72. The Morgan fingerprint density at radius 1 is 1.31 bits per heavy atom. The highest BCUT2D eigenvalue weighted by atomic mass is 32.1. The Labute approximate surface area is 98.5 Å². The summed E-state index contributed by atoms with van der Waals surface area (Å²) in [6.07, 6.45) is 3.67. The third-order valence-electron chi connectivity index (χ3n) is 2.35. The number of aryl methyl sites for hydroxylation is 1. The minimum atomic E-state index is -0.0585. The normalized spacial score (nSPS) is 10.3. The van der Waals surface area contributed by atoms with Crippen LogP contribution >= 0.6 is 11.7 Å². The number of ketones is 1. The van der Waals surface area contributed by atoms with E-state index in [9.17, 15) is 4.79 Å². The van der Waals surface area contributed by atoms with E-state index in [4.69, 9.17) is 0 Å². The summed E-state index contributed by atoms with van der Waals surface area (Å²) in [7, 11) is 0. The van der Waals surface area contributed by atoms with Gasteiger partial charge in [-0.1, -0.05) is 37.6 Å². The van der Waals surface area contributed by atoms with Gasteiger partial charge < -0.3 is 0 Å². The van der Waals surface area contributed by atoms with Crippen LogP contribution in [0.25, 0.3) is 0 Å². The zero-order chi connectivity index (χ0) is 11.4. The lowest BCUT2D eigenvalue weighted by atomic mass is 10.0. The summed E-state index contributed by atoms with van der Waals surface area (Å²) in [4.78, 5) is 11.9. The second kappa shape index (κ2) is 4.99. The Hall–Kier alpha value is -1.55. The van der Waals surface area contributed by atoms with Gasteiger partial charge in [-0.2, -0.15) is 8.75 Å². The SMILES string of the molecule is CCCc1ccc(C(=O)c2cnsn2)cc1. The van der Waals surface area contributed by atoms with Gasteiger partial charge in [0.15, 0.2) is 0 Å². The summed E-state index contributed by atoms with van der Waals surface area (Å²) >= 11 is 1.05. The minimum absolute atomic E-state index is 0.0585. The molecule has 82 valence electrons. The molecule has 0 saturated heterocycles. The monoisotopic (exact) mass is 232 g/mol. The van der Waals surface area contributed by atoms with E-state index < -0.39 is 0 Å². The number of hydrogen-bond donors (Lipinski definition) is 0. The van der Waals surface area contributed by atoms with Crippen LogP contribution in [0.1, 0.15) is 35.0 Å². The molecule has 4 heteroatoms. The Bertz CT molecular complexity index is 462. The van der Waals surface area contributed by atoms with Crippen LogP contribution in [0.3, 0.4) is 0 Å². The van der Waals surface area contributed by atoms with Crippen molar-refractivity contribution in [2.75, 3.05) is 0 Å². The van der Waals surface area contributed by atoms with Crippen LogP contribution in [0.2, 0.25) is 0 Å². The fourth-order valence-electron chi connectivity index (χ4n) is 1.52. The minimum Gasteiger partial charge on any atom is -0.287 e. The number of hydrogen-bond acceptors (Lipinski definition) is 4. The van der Waals surface area contributed by atoms with E-state index in [0.29, 0.717) is 11.3 Å². The number of nitrogens with zero attached hydrogens (tertiary/aromatic N) is 2. The van der Waals surface area contributed by atoms with Gasteiger partial charge in [0.25, 0.3) is 0 Å². The van der Waals surface area contributed by atoms with Crippen molar-refractivity contribution >= 4 is 17.5 Å². The molecule has 2 aromatic rings. The lowest BCUT2D eigenvalue weighted by Gasteiger charge is -2.00. The first kappa shape index (κ1) is 11.0. The highest BCUT2D eigenvalue weighted by molar-refractivity contribution is 6.99. The molecule has 1 aromatic heterocycles. The van der Waals surface area contributed by atoms with Gasteiger partial charge in [0.05, 0.1) is 17.9 Å². The molecule has 0 amide bonds. The predicted molar refractivity (Wildman–Crippen MR) is 63.8 cm³/mol. The van der Waals surface area contributed by atoms with Gasteiger partial charge in [-0.05, 0) is 12.0 Å². The molecule has 0 atom stereocenters. The Kier molecular flexibility index (Phi) is 3.41. The topological polar surface area (TPSA) is 42.9 Å². The van der Waals surface area contributed by atoms with Gasteiger partial charge in [-0.25, -0.2) is 0 Å². The van der Waals surface area contributed by atoms with Crippen LogP contribution in [-0.2, 0) is 6.42 Å². The summed E-state index contributed by atoms with van der Waals surface area (Å²) in [6.45, 7) is 2.14. The van der Waals surface area contributed by atoms with E-state index in [1.54, 1.807) is 0 Å². The molecular formula is C12H12N2OS. The second-order valence-electron chi connectivity index (χ2n) is 3.57. The first-order chi connectivity index (χ1) is 7.81. The zero-order valence-electron chi connectivity index (χ0n) is 9.01. The van der Waals surface area contributed by atoms with Crippen molar-refractivity contribution in [3.8, 4) is 0 Å². The molecule has 3 nitrogen and oxygen atoms in total. The van der Waals surface area contributed by atoms with Gasteiger partial charge in [-0.3, -0.25) is 4.79 Å². The fourth-order valence-corrected chi connectivity index (χ4v) is 1.94. The average molecular weight is 232 g/mol. The van der Waals surface area contributed by atoms with Crippen LogP contribution in [-0.4, -0.2) is 14.5 Å². The van der Waals surface area contributed by atoms with Crippen LogP contribution in [0.4, 0.5) is 0 Å². The molecule has 0 saturated carbocycles. The van der Waals surface area contributed by atoms with Crippen molar-refractivity contribution in [3.63, 3.8) is 0 Å². The smallest absolute Gasteiger partial charge is 0.214 e. The first-order valence-corrected chi connectivity index (χ1v) is 5.95. The fraction of sp³-hybridized carbons (Fsp3) is 0.250. The summed E-state index contributed by atoms with van der Waals surface area (Å²) in [5.74, 6) is -0.0585. The largest absolute Gasteiger partial charge is 0.287 e. The van der Waals surface area contributed by atoms with Gasteiger partial charge in [0.2, 0.25) is 5.78 Å². The maximum absolute atomic E-state index is 11.9. The maximum Gasteiger partial charge on any atom is 0.214 e. The van der Waals surface area contributed by atoms with E-state index in [1.807, 2.05) is 24.3 Å². The van der Waals surface area contributed by atoms with Crippen molar-refractivity contribution in [3.05, 3.63) is 47.3 Å². The van der Waals surface area contributed by atoms with Crippen LogP contribution < -0.4 is 0 Å². The lowest BCUT2D eigenvalue weighted by Crippen LogP contribution is -2.01. The molecule has 0 aliphatic heterocycles. The molecule has 16 heavy (non-hydrogen) atoms. The first-order valence-electron chi connectivity index (χ1n) is 5.22. The maximum atomic E-state index is 11.9. The van der Waals surface area contributed by atoms with Crippen molar-refractivity contribution in [1.29, 1.82) is 0 Å². The molecule has 0 aliphatic carbocycles. The third-order valence-corrected chi connectivity index (χ3v) is 2.83. The van der Waals surface area contributed by atoms with E-state index in [1.165, 1.54) is 11.8 Å². The zero-order valence-corrected chi connectivity index (χ0v) is 9.83. The standard InChI is InChI=1S/C12H12N2OS/c1-2-3-9-4-6-10(7-5-9)12(15)11-8-13-16-14-11/h4-8H,2-3H2,1H3. The van der Waals surface area contributed by atoms with E-state index in [-0.39, 0.29) is 5.78 Å². The van der Waals surface area contributed by atoms with E-state index >= 15 is 0 Å². The lowest BCUT2D eigenvalue weighted by molar-refractivity contribution is 0.103. The molecule has 1 heterocycles. The Morgan fingerprint density at radius 3 is 2.62 bits per heavy atom. The molecule has 0 N–H and O–H groups in total. The number of carbonyl (C=O) groups is 1. The molecule has 2 rings (SSSR count). The molecule has 0 fully saturated rings. The van der Waals surface area contributed by atoms with Gasteiger partial charge >= 0.3 is 0 Å². The summed E-state index contributed by atoms with van der Waals surface area (Å²) < 4.78 is 7.76. The highest BCUT2D eigenvalue weighted by Gasteiger charge is 2.11. The Balaban J connectivity index is 2.19. The van der Waals surface area contributed by atoms with Gasteiger partial charge in [0, 0.05) is 5.56 Å². The molecule has 0 radical (unpaired) electrons. The quantitative estimate of drug-likeness (QED) is 0.761. The number of aromatic nitrogens is 2. The van der Waals surface area contributed by atoms with Gasteiger partial charge in [-0.15, -0.1) is 0 Å². The van der Waals surface area contributed by atoms with Crippen LogP contribution in [0, 0.1) is 0 Å². The third kappa shape index (κ3) is 2.33. The van der Waals surface area contributed by atoms with E-state index in [2.05, 4.69) is 15.7 Å². The highest BCUT2D eigenvalue weighted by Crippen LogP contribution is 2.11. The summed E-state index contributed by atoms with van der Waals surface area (Å²) in [5, 5.41) is 0. The number of rotatable bonds is 4. The molecule has 0 bridgehead atoms. The van der Waals surface area contributed by atoms with Crippen LogP contribution in [0.15, 0.2) is 30.5 Å². The number of carbonyl (C=O) groups excluding carboxylic acids is 1. The number of benzene rings is 1. The van der Waals surface area contributed by atoms with Gasteiger partial charge in [0.1, 0.15) is 5.69 Å². The Morgan fingerprint density at radius 2 is 2.06 bits per heavy atom. The molecule has 1 aromatic carbocycles. The molecule has 0 aliphatic rings. The van der Waals surface area contributed by atoms with Crippen molar-refractivity contribution < 1.29 is 4.79 Å². The summed E-state index contributed by atoms with van der Waals surface area (Å²) in [6, 6.07) is 7.70. The van der Waals surface area contributed by atoms with Crippen molar-refractivity contribution in [2.45, 2.75) is 19.8 Å². The molecule has 0 spiro atoms. The van der Waals surface area contributed by atoms with Crippen molar-refractivity contribution in [2.24, 2.45) is 0 Å². The molecular weight excluding hydrogens is 220 g/mol. The van der Waals surface area contributed by atoms with Crippen molar-refractivity contribution in [1.82, 2.24) is 8.75 Å². The van der Waals surface area contributed by atoms with E-state index in [0.717, 1.165) is 24.6 Å². The molecule has 0 unspecified atom stereocenters. The average Bonchev–Trinajstić information content (AvgIpc) is 2.83. The van der Waals surface area contributed by atoms with Crippen LogP contribution in [0.5, 0.6) is 0 Å².